The molecule has 0 unspecified atom stereocenters. The number of hydrogen-bond acceptors (Lipinski definition) is 2. The molecule has 0 heterocycles. The summed E-state index contributed by atoms with van der Waals surface area (Å²) in [6, 6.07) is 0.583. The number of ether oxygens (including phenoxy) is 1. The van der Waals surface area contributed by atoms with E-state index in [1.165, 1.54) is 0 Å². The van der Waals surface area contributed by atoms with Crippen LogP contribution in [0.4, 0.5) is 0 Å². The monoisotopic (exact) mass is 187 g/mol. The van der Waals surface area contributed by atoms with E-state index in [1.54, 1.807) is 0 Å². The maximum atomic E-state index is 5.72. The maximum absolute atomic E-state index is 5.72. The average Bonchev–Trinajstić information content (AvgIpc) is 2.03. The van der Waals surface area contributed by atoms with Crippen LogP contribution in [-0.4, -0.2) is 24.8 Å². The lowest BCUT2D eigenvalue weighted by molar-refractivity contribution is -0.0208. The zero-order valence-corrected chi connectivity index (χ0v) is 9.81. The van der Waals surface area contributed by atoms with Crippen LogP contribution in [0.1, 0.15) is 47.5 Å². The Morgan fingerprint density at radius 3 is 2.38 bits per heavy atom. The van der Waals surface area contributed by atoms with Crippen molar-refractivity contribution in [3.63, 3.8) is 0 Å². The van der Waals surface area contributed by atoms with E-state index >= 15 is 0 Å². The van der Waals surface area contributed by atoms with Crippen molar-refractivity contribution in [2.24, 2.45) is 0 Å². The highest BCUT2D eigenvalue weighted by atomic mass is 16.5. The molecule has 0 aromatic carbocycles. The molecule has 0 fully saturated rings. The molecule has 13 heavy (non-hydrogen) atoms. The molecule has 0 aromatic rings. The minimum atomic E-state index is 0.0534. The number of hydrogen-bond donors (Lipinski definition) is 1. The van der Waals surface area contributed by atoms with Crippen molar-refractivity contribution in [3.8, 4) is 0 Å². The number of nitrogens with one attached hydrogen (secondary N) is 1. The van der Waals surface area contributed by atoms with E-state index in [0.717, 1.165) is 26.0 Å². The molecule has 0 aromatic heterocycles. The van der Waals surface area contributed by atoms with Crippen molar-refractivity contribution in [1.82, 2.24) is 5.32 Å². The molecule has 0 aliphatic rings. The third kappa shape index (κ3) is 8.26. The summed E-state index contributed by atoms with van der Waals surface area (Å²) < 4.78 is 5.72. The largest absolute Gasteiger partial charge is 0.376 e. The quantitative estimate of drug-likeness (QED) is 0.619. The van der Waals surface area contributed by atoms with Crippen LogP contribution in [0.25, 0.3) is 0 Å². The van der Waals surface area contributed by atoms with Crippen LogP contribution >= 0.6 is 0 Å². The minimum Gasteiger partial charge on any atom is -0.376 e. The van der Waals surface area contributed by atoms with Crippen LogP contribution in [0.3, 0.4) is 0 Å². The molecule has 1 N–H and O–H groups in total. The lowest BCUT2D eigenvalue weighted by Gasteiger charge is -2.23. The molecule has 2 nitrogen and oxygen atoms in total. The Balaban J connectivity index is 3.26. The van der Waals surface area contributed by atoms with Gasteiger partial charge in [0.05, 0.1) is 5.60 Å². The summed E-state index contributed by atoms with van der Waals surface area (Å²) in [7, 11) is 0. The second kappa shape index (κ2) is 6.39. The standard InChI is InChI=1S/C11H25NO/c1-6-11(4,5)13-9-7-8-12-10(2)3/h10,12H,6-9H2,1-5H3. The Morgan fingerprint density at radius 1 is 1.31 bits per heavy atom. The molecule has 0 bridgehead atoms. The van der Waals surface area contributed by atoms with E-state index in [-0.39, 0.29) is 5.60 Å². The van der Waals surface area contributed by atoms with Crippen molar-refractivity contribution in [3.05, 3.63) is 0 Å². The van der Waals surface area contributed by atoms with Crippen molar-refractivity contribution < 1.29 is 4.74 Å². The zero-order chi connectivity index (χ0) is 10.3. The van der Waals surface area contributed by atoms with Gasteiger partial charge in [0.1, 0.15) is 0 Å². The first kappa shape index (κ1) is 12.9. The third-order valence-corrected chi connectivity index (χ3v) is 2.22. The Labute approximate surface area is 83.1 Å². The highest BCUT2D eigenvalue weighted by molar-refractivity contribution is 4.65. The van der Waals surface area contributed by atoms with E-state index < -0.39 is 0 Å². The van der Waals surface area contributed by atoms with Gasteiger partial charge in [-0.1, -0.05) is 20.8 Å². The summed E-state index contributed by atoms with van der Waals surface area (Å²) in [6.07, 6.45) is 2.17. The molecule has 0 amide bonds. The van der Waals surface area contributed by atoms with Crippen LogP contribution < -0.4 is 5.32 Å². The normalized spacial score (nSPS) is 12.5. The molecule has 2 heteroatoms. The van der Waals surface area contributed by atoms with Gasteiger partial charge in [0.15, 0.2) is 0 Å². The summed E-state index contributed by atoms with van der Waals surface area (Å²) in [4.78, 5) is 0. The van der Waals surface area contributed by atoms with Gasteiger partial charge in [-0.05, 0) is 33.2 Å². The van der Waals surface area contributed by atoms with E-state index in [4.69, 9.17) is 4.74 Å². The molecule has 0 aliphatic carbocycles. The lowest BCUT2D eigenvalue weighted by Crippen LogP contribution is -2.27. The fourth-order valence-corrected chi connectivity index (χ4v) is 0.913. The molecule has 0 saturated carbocycles. The van der Waals surface area contributed by atoms with Gasteiger partial charge in [-0.15, -0.1) is 0 Å². The van der Waals surface area contributed by atoms with Crippen LogP contribution in [0.5, 0.6) is 0 Å². The summed E-state index contributed by atoms with van der Waals surface area (Å²) in [6.45, 7) is 12.7. The van der Waals surface area contributed by atoms with Gasteiger partial charge in [-0.25, -0.2) is 0 Å². The maximum Gasteiger partial charge on any atom is 0.0623 e. The van der Waals surface area contributed by atoms with Gasteiger partial charge in [0.2, 0.25) is 0 Å². The molecular formula is C11H25NO. The van der Waals surface area contributed by atoms with Crippen molar-refractivity contribution in [1.29, 1.82) is 0 Å². The van der Waals surface area contributed by atoms with Crippen LogP contribution in [0.15, 0.2) is 0 Å². The van der Waals surface area contributed by atoms with Crippen molar-refractivity contribution in [2.75, 3.05) is 13.2 Å². The second-order valence-corrected chi connectivity index (χ2v) is 4.42. The fourth-order valence-electron chi connectivity index (χ4n) is 0.913. The summed E-state index contributed by atoms with van der Waals surface area (Å²) >= 11 is 0. The first-order valence-corrected chi connectivity index (χ1v) is 5.35. The van der Waals surface area contributed by atoms with Gasteiger partial charge in [0, 0.05) is 12.6 Å². The highest BCUT2D eigenvalue weighted by Crippen LogP contribution is 2.13. The Morgan fingerprint density at radius 2 is 1.92 bits per heavy atom. The Kier molecular flexibility index (Phi) is 6.35. The van der Waals surface area contributed by atoms with Gasteiger partial charge in [0.25, 0.3) is 0 Å². The van der Waals surface area contributed by atoms with Gasteiger partial charge < -0.3 is 10.1 Å². The third-order valence-electron chi connectivity index (χ3n) is 2.22. The van der Waals surface area contributed by atoms with Gasteiger partial charge >= 0.3 is 0 Å². The first-order valence-electron chi connectivity index (χ1n) is 5.35. The van der Waals surface area contributed by atoms with Gasteiger partial charge in [-0.2, -0.15) is 0 Å². The topological polar surface area (TPSA) is 21.3 Å². The fraction of sp³-hybridized carbons (Fsp3) is 1.00. The first-order chi connectivity index (χ1) is 5.98. The number of rotatable bonds is 7. The van der Waals surface area contributed by atoms with Crippen LogP contribution in [0, 0.1) is 0 Å². The Bertz CT molecular complexity index is 121. The van der Waals surface area contributed by atoms with Crippen LogP contribution in [0.2, 0.25) is 0 Å². The SMILES string of the molecule is CCC(C)(C)OCCCNC(C)C. The highest BCUT2D eigenvalue weighted by Gasteiger charge is 2.14. The molecule has 0 saturated heterocycles. The Hall–Kier alpha value is -0.0800. The molecule has 0 aliphatic heterocycles. The summed E-state index contributed by atoms with van der Waals surface area (Å²) in [5.74, 6) is 0. The van der Waals surface area contributed by atoms with Crippen LogP contribution in [-0.2, 0) is 4.74 Å². The van der Waals surface area contributed by atoms with E-state index in [0.29, 0.717) is 6.04 Å². The van der Waals surface area contributed by atoms with E-state index in [2.05, 4.69) is 39.9 Å². The molecule has 0 atom stereocenters. The summed E-state index contributed by atoms with van der Waals surface area (Å²) in [5.41, 5.74) is 0.0534. The molecule has 0 radical (unpaired) electrons. The minimum absolute atomic E-state index is 0.0534. The van der Waals surface area contributed by atoms with Crippen molar-refractivity contribution in [2.45, 2.75) is 59.1 Å². The molecule has 0 spiro atoms. The van der Waals surface area contributed by atoms with Crippen molar-refractivity contribution >= 4 is 0 Å². The predicted octanol–water partition coefficient (Wildman–Crippen LogP) is 2.58. The molecular weight excluding hydrogens is 162 g/mol. The predicted molar refractivity (Wildman–Crippen MR) is 58.1 cm³/mol. The smallest absolute Gasteiger partial charge is 0.0623 e. The lowest BCUT2D eigenvalue weighted by atomic mass is 10.1. The van der Waals surface area contributed by atoms with E-state index in [9.17, 15) is 0 Å². The van der Waals surface area contributed by atoms with Gasteiger partial charge in [-0.3, -0.25) is 0 Å². The second-order valence-electron chi connectivity index (χ2n) is 4.42. The summed E-state index contributed by atoms with van der Waals surface area (Å²) in [5, 5.41) is 3.37. The zero-order valence-electron chi connectivity index (χ0n) is 9.81. The van der Waals surface area contributed by atoms with E-state index in [1.807, 2.05) is 0 Å². The molecule has 80 valence electrons. The average molecular weight is 187 g/mol. The molecule has 0 rings (SSSR count).